The summed E-state index contributed by atoms with van der Waals surface area (Å²) in [5.74, 6) is 0.942. The van der Waals surface area contributed by atoms with Crippen molar-refractivity contribution in [3.05, 3.63) is 0 Å². The molecule has 0 amide bonds. The van der Waals surface area contributed by atoms with Gasteiger partial charge in [-0.2, -0.15) is 0 Å². The Hall–Kier alpha value is 0. The Labute approximate surface area is 117 Å². The molecule has 0 aromatic rings. The zero-order chi connectivity index (χ0) is 11.1. The summed E-state index contributed by atoms with van der Waals surface area (Å²) in [6.45, 7) is 6.41. The fourth-order valence-electron chi connectivity index (χ4n) is 2.44. The van der Waals surface area contributed by atoms with Gasteiger partial charge in [-0.3, -0.25) is 4.99 Å². The second-order valence-corrected chi connectivity index (χ2v) is 4.52. The maximum absolute atomic E-state index is 4.20. The van der Waals surface area contributed by atoms with Crippen molar-refractivity contribution in [2.45, 2.75) is 46.0 Å². The summed E-state index contributed by atoms with van der Waals surface area (Å²) in [6, 6.07) is 0. The molecule has 0 atom stereocenters. The lowest BCUT2D eigenvalue weighted by Crippen LogP contribution is -2.42. The third-order valence-corrected chi connectivity index (χ3v) is 3.61. The van der Waals surface area contributed by atoms with Gasteiger partial charge in [-0.25, -0.2) is 0 Å². The van der Waals surface area contributed by atoms with E-state index >= 15 is 0 Å². The average Bonchev–Trinajstić information content (AvgIpc) is 2.73. The van der Waals surface area contributed by atoms with E-state index in [1.807, 2.05) is 7.05 Å². The lowest BCUT2D eigenvalue weighted by atomic mass is 9.83. The van der Waals surface area contributed by atoms with E-state index < -0.39 is 0 Å². The standard InChI is InChI=1S/C12H25N3.HI/c1-4-12(8-6-7-9-12)10-15-11(13-3)14-5-2;/h4-10H2,1-3H3,(H2,13,14,15);1H. The summed E-state index contributed by atoms with van der Waals surface area (Å²) in [4.78, 5) is 4.20. The van der Waals surface area contributed by atoms with Crippen LogP contribution in [0.15, 0.2) is 4.99 Å². The molecule has 1 rings (SSSR count). The lowest BCUT2D eigenvalue weighted by Gasteiger charge is -2.28. The van der Waals surface area contributed by atoms with Gasteiger partial charge in [-0.1, -0.05) is 19.8 Å². The van der Waals surface area contributed by atoms with Crippen molar-refractivity contribution in [3.63, 3.8) is 0 Å². The van der Waals surface area contributed by atoms with Crippen LogP contribution in [0.4, 0.5) is 0 Å². The van der Waals surface area contributed by atoms with Crippen molar-refractivity contribution in [1.29, 1.82) is 0 Å². The zero-order valence-electron chi connectivity index (χ0n) is 10.8. The van der Waals surface area contributed by atoms with E-state index in [1.165, 1.54) is 32.1 Å². The molecule has 1 aliphatic carbocycles. The monoisotopic (exact) mass is 339 g/mol. The van der Waals surface area contributed by atoms with Crippen LogP contribution in [-0.2, 0) is 0 Å². The highest BCUT2D eigenvalue weighted by Crippen LogP contribution is 2.40. The Morgan fingerprint density at radius 1 is 1.19 bits per heavy atom. The maximum atomic E-state index is 4.20. The summed E-state index contributed by atoms with van der Waals surface area (Å²) in [7, 11) is 1.83. The zero-order valence-corrected chi connectivity index (χ0v) is 13.1. The molecule has 2 N–H and O–H groups in total. The van der Waals surface area contributed by atoms with Crippen LogP contribution < -0.4 is 10.6 Å². The predicted octanol–water partition coefficient (Wildman–Crippen LogP) is 2.76. The number of guanidine groups is 1. The number of hydrogen-bond donors (Lipinski definition) is 2. The van der Waals surface area contributed by atoms with Gasteiger partial charge in [0.2, 0.25) is 0 Å². The van der Waals surface area contributed by atoms with E-state index in [0.29, 0.717) is 5.41 Å². The highest BCUT2D eigenvalue weighted by molar-refractivity contribution is 14.0. The maximum Gasteiger partial charge on any atom is 0.190 e. The molecular weight excluding hydrogens is 313 g/mol. The first-order chi connectivity index (χ1) is 7.26. The van der Waals surface area contributed by atoms with Crippen LogP contribution in [0.5, 0.6) is 0 Å². The van der Waals surface area contributed by atoms with Crippen LogP contribution in [0.3, 0.4) is 0 Å². The number of aliphatic imine (C=N–C) groups is 1. The van der Waals surface area contributed by atoms with E-state index in [9.17, 15) is 0 Å². The highest BCUT2D eigenvalue weighted by Gasteiger charge is 2.31. The lowest BCUT2D eigenvalue weighted by molar-refractivity contribution is 0.283. The first kappa shape index (κ1) is 16.0. The molecule has 16 heavy (non-hydrogen) atoms. The molecule has 96 valence electrons. The average molecular weight is 339 g/mol. The Balaban J connectivity index is 0.00000225. The van der Waals surface area contributed by atoms with Crippen molar-refractivity contribution in [2.75, 3.05) is 20.1 Å². The minimum atomic E-state index is 0. The smallest absolute Gasteiger partial charge is 0.190 e. The third kappa shape index (κ3) is 4.47. The van der Waals surface area contributed by atoms with Crippen molar-refractivity contribution >= 4 is 29.9 Å². The van der Waals surface area contributed by atoms with E-state index in [-0.39, 0.29) is 24.0 Å². The second kappa shape index (κ2) is 8.14. The van der Waals surface area contributed by atoms with Crippen molar-refractivity contribution in [3.8, 4) is 0 Å². The van der Waals surface area contributed by atoms with Crippen molar-refractivity contribution < 1.29 is 0 Å². The molecule has 0 aromatic carbocycles. The van der Waals surface area contributed by atoms with Crippen molar-refractivity contribution in [1.82, 2.24) is 10.6 Å². The summed E-state index contributed by atoms with van der Waals surface area (Å²) in [5, 5.41) is 6.68. The summed E-state index contributed by atoms with van der Waals surface area (Å²) < 4.78 is 0. The normalized spacial score (nSPS) is 19.1. The number of halogens is 1. The van der Waals surface area contributed by atoms with E-state index in [2.05, 4.69) is 29.5 Å². The van der Waals surface area contributed by atoms with Crippen LogP contribution in [0, 0.1) is 5.41 Å². The van der Waals surface area contributed by atoms with Gasteiger partial charge in [0.15, 0.2) is 5.96 Å². The molecule has 0 heterocycles. The van der Waals surface area contributed by atoms with Crippen LogP contribution in [0.2, 0.25) is 0 Å². The molecule has 0 aliphatic heterocycles. The summed E-state index contributed by atoms with van der Waals surface area (Å²) in [5.41, 5.74) is 0.533. The molecule has 1 saturated carbocycles. The van der Waals surface area contributed by atoms with Crippen molar-refractivity contribution in [2.24, 2.45) is 10.4 Å². The largest absolute Gasteiger partial charge is 0.357 e. The Morgan fingerprint density at radius 3 is 2.25 bits per heavy atom. The Bertz CT molecular complexity index is 210. The highest BCUT2D eigenvalue weighted by atomic mass is 127. The molecule has 0 radical (unpaired) electrons. The molecule has 1 fully saturated rings. The fourth-order valence-corrected chi connectivity index (χ4v) is 2.44. The van der Waals surface area contributed by atoms with Crippen LogP contribution >= 0.6 is 24.0 Å². The molecule has 0 bridgehead atoms. The number of rotatable bonds is 4. The molecule has 4 heteroatoms. The van der Waals surface area contributed by atoms with Gasteiger partial charge in [0.25, 0.3) is 0 Å². The molecule has 0 aromatic heterocycles. The SMILES string of the molecule is CCNC(=NC)NCC1(CC)CCCC1.I. The molecular formula is C12H26IN3. The predicted molar refractivity (Wildman–Crippen MR) is 81.6 cm³/mol. The van der Waals surface area contributed by atoms with Gasteiger partial charge >= 0.3 is 0 Å². The van der Waals surface area contributed by atoms with Gasteiger partial charge in [-0.05, 0) is 31.6 Å². The summed E-state index contributed by atoms with van der Waals surface area (Å²) in [6.07, 6.45) is 6.83. The van der Waals surface area contributed by atoms with Gasteiger partial charge in [0.1, 0.15) is 0 Å². The third-order valence-electron chi connectivity index (χ3n) is 3.61. The minimum Gasteiger partial charge on any atom is -0.357 e. The first-order valence-corrected chi connectivity index (χ1v) is 6.21. The van der Waals surface area contributed by atoms with E-state index in [4.69, 9.17) is 0 Å². The molecule has 0 spiro atoms. The van der Waals surface area contributed by atoms with Gasteiger partial charge in [-0.15, -0.1) is 24.0 Å². The Morgan fingerprint density at radius 2 is 1.81 bits per heavy atom. The molecule has 3 nitrogen and oxygen atoms in total. The molecule has 0 unspecified atom stereocenters. The van der Waals surface area contributed by atoms with Crippen LogP contribution in [0.1, 0.15) is 46.0 Å². The quantitative estimate of drug-likeness (QED) is 0.469. The van der Waals surface area contributed by atoms with Gasteiger partial charge < -0.3 is 10.6 Å². The summed E-state index contributed by atoms with van der Waals surface area (Å²) >= 11 is 0. The Kier molecular flexibility index (Phi) is 8.14. The van der Waals surface area contributed by atoms with Crippen LogP contribution in [0.25, 0.3) is 0 Å². The number of nitrogens with one attached hydrogen (secondary N) is 2. The minimum absolute atomic E-state index is 0. The fraction of sp³-hybridized carbons (Fsp3) is 0.917. The van der Waals surface area contributed by atoms with E-state index in [0.717, 1.165) is 19.0 Å². The number of hydrogen-bond acceptors (Lipinski definition) is 1. The van der Waals surface area contributed by atoms with Gasteiger partial charge in [0, 0.05) is 20.1 Å². The molecule has 0 saturated heterocycles. The van der Waals surface area contributed by atoms with Crippen LogP contribution in [-0.4, -0.2) is 26.1 Å². The molecule has 1 aliphatic rings. The second-order valence-electron chi connectivity index (χ2n) is 4.52. The van der Waals surface area contributed by atoms with Gasteiger partial charge in [0.05, 0.1) is 0 Å². The number of nitrogens with zero attached hydrogens (tertiary/aromatic N) is 1. The van der Waals surface area contributed by atoms with E-state index in [1.54, 1.807) is 0 Å². The first-order valence-electron chi connectivity index (χ1n) is 6.21. The topological polar surface area (TPSA) is 36.4 Å².